The van der Waals surface area contributed by atoms with Crippen molar-refractivity contribution in [3.05, 3.63) is 115 Å². The van der Waals surface area contributed by atoms with Crippen molar-refractivity contribution in [3.63, 3.8) is 0 Å². The van der Waals surface area contributed by atoms with E-state index in [0.29, 0.717) is 0 Å². The van der Waals surface area contributed by atoms with Gasteiger partial charge in [-0.15, -0.1) is 35.4 Å². The zero-order chi connectivity index (χ0) is 23.5. The third-order valence-corrected chi connectivity index (χ3v) is 5.94. The van der Waals surface area contributed by atoms with Gasteiger partial charge in [0.1, 0.15) is 0 Å². The van der Waals surface area contributed by atoms with E-state index in [1.165, 1.54) is 10.9 Å². The number of pyridine rings is 3. The summed E-state index contributed by atoms with van der Waals surface area (Å²) in [5.74, 6) is 0. The topological polar surface area (TPSA) is 38.7 Å². The van der Waals surface area contributed by atoms with Gasteiger partial charge in [0.15, 0.2) is 0 Å². The van der Waals surface area contributed by atoms with Gasteiger partial charge >= 0.3 is 0 Å². The predicted molar refractivity (Wildman–Crippen MR) is 142 cm³/mol. The summed E-state index contributed by atoms with van der Waals surface area (Å²) in [5, 5.41) is 4.64. The third-order valence-electron chi connectivity index (χ3n) is 5.94. The molecule has 3 aromatic heterocycles. The molecule has 0 saturated carbocycles. The fourth-order valence-corrected chi connectivity index (χ4v) is 4.06. The molecule has 0 spiro atoms. The van der Waals surface area contributed by atoms with Crippen molar-refractivity contribution >= 4 is 32.6 Å². The molecule has 0 unspecified atom stereocenters. The van der Waals surface area contributed by atoms with Gasteiger partial charge in [0.2, 0.25) is 0 Å². The van der Waals surface area contributed by atoms with Gasteiger partial charge in [-0.05, 0) is 34.7 Å². The van der Waals surface area contributed by atoms with Crippen LogP contribution in [0, 0.1) is 6.07 Å². The fourth-order valence-electron chi connectivity index (χ4n) is 4.06. The minimum absolute atomic E-state index is 0. The van der Waals surface area contributed by atoms with E-state index < -0.39 is 0 Å². The molecule has 0 fully saturated rings. The second-order valence-corrected chi connectivity index (χ2v) is 9.34. The van der Waals surface area contributed by atoms with Crippen LogP contribution in [0.15, 0.2) is 104 Å². The molecule has 35 heavy (non-hydrogen) atoms. The van der Waals surface area contributed by atoms with Crippen molar-refractivity contribution in [1.82, 2.24) is 15.0 Å². The van der Waals surface area contributed by atoms with Gasteiger partial charge in [0.05, 0.1) is 11.0 Å². The van der Waals surface area contributed by atoms with Crippen molar-refractivity contribution in [1.29, 1.82) is 0 Å². The number of rotatable bonds is 1. The molecule has 0 N–H and O–H groups in total. The Labute approximate surface area is 220 Å². The molecule has 6 aromatic rings. The number of fused-ring (bicyclic) bond motifs is 5. The Bertz CT molecular complexity index is 1500. The summed E-state index contributed by atoms with van der Waals surface area (Å²) in [6, 6.07) is 32.1. The number of benzene rings is 3. The van der Waals surface area contributed by atoms with Gasteiger partial charge in [-0.1, -0.05) is 69.3 Å². The monoisotopic (exact) mass is 635 g/mol. The second-order valence-electron chi connectivity index (χ2n) is 9.34. The molecule has 6 rings (SSSR count). The van der Waals surface area contributed by atoms with Gasteiger partial charge in [0.25, 0.3) is 0 Å². The van der Waals surface area contributed by atoms with Crippen LogP contribution in [0.5, 0.6) is 0 Å². The molecule has 0 bridgehead atoms. The average molecular weight is 636 g/mol. The van der Waals surface area contributed by atoms with E-state index in [2.05, 4.69) is 96.4 Å². The van der Waals surface area contributed by atoms with E-state index >= 15 is 0 Å². The summed E-state index contributed by atoms with van der Waals surface area (Å²) in [7, 11) is 0. The molecule has 0 saturated heterocycles. The van der Waals surface area contributed by atoms with Gasteiger partial charge < -0.3 is 4.98 Å². The summed E-state index contributed by atoms with van der Waals surface area (Å²) in [6.45, 7) is 6.61. The minimum atomic E-state index is 0. The number of nitrogens with zero attached hydrogens (tertiary/aromatic N) is 3. The van der Waals surface area contributed by atoms with Crippen molar-refractivity contribution in [3.8, 4) is 11.3 Å². The van der Waals surface area contributed by atoms with Crippen LogP contribution < -0.4 is 0 Å². The molecule has 4 heteroatoms. The molecule has 3 nitrogen and oxygen atoms in total. The summed E-state index contributed by atoms with van der Waals surface area (Å²) in [4.78, 5) is 13.3. The molecule has 0 radical (unpaired) electrons. The standard InChI is InChI=1S/C16H10N2.C15H16N.Pt/c1-3-12-7-5-11-6-8-13-4-2-10-18-16(13)14(11)15(12)17-9-1;1-15(2,3)13-9-7-12(8-10-13)14-6-4-5-11-16-14;/h1-10H;4-7,9-11H,1-3H3;/q;-1;. The number of hydrogen-bond acceptors (Lipinski definition) is 3. The molecule has 0 aliphatic carbocycles. The largest absolute Gasteiger partial charge is 0.305 e. The first kappa shape index (κ1) is 24.7. The SMILES string of the molecule is CC(C)(C)c1c[c-]c(-c2ccccn2)cc1.[Pt].c1cnc2c(c1)ccc1ccc3cccnc3c12. The third kappa shape index (κ3) is 5.31. The van der Waals surface area contributed by atoms with Crippen LogP contribution in [0.2, 0.25) is 0 Å². The average Bonchev–Trinajstić information content (AvgIpc) is 2.89. The Morgan fingerprint density at radius 2 is 1.20 bits per heavy atom. The predicted octanol–water partition coefficient (Wildman–Crippen LogP) is 7.78. The Morgan fingerprint density at radius 3 is 1.71 bits per heavy atom. The minimum Gasteiger partial charge on any atom is -0.305 e. The van der Waals surface area contributed by atoms with Crippen LogP contribution in [-0.2, 0) is 26.5 Å². The van der Waals surface area contributed by atoms with E-state index in [1.54, 1.807) is 6.20 Å². The number of hydrogen-bond donors (Lipinski definition) is 0. The molecular formula is C31H26N3Pt-. The summed E-state index contributed by atoms with van der Waals surface area (Å²) >= 11 is 0. The normalized spacial score (nSPS) is 11.1. The zero-order valence-electron chi connectivity index (χ0n) is 20.0. The van der Waals surface area contributed by atoms with E-state index in [0.717, 1.165) is 38.4 Å². The molecule has 0 atom stereocenters. The first-order chi connectivity index (χ1) is 16.5. The van der Waals surface area contributed by atoms with E-state index in [9.17, 15) is 0 Å². The Balaban J connectivity index is 0.000000162. The summed E-state index contributed by atoms with van der Waals surface area (Å²) < 4.78 is 0. The molecular weight excluding hydrogens is 609 g/mol. The van der Waals surface area contributed by atoms with E-state index in [4.69, 9.17) is 0 Å². The van der Waals surface area contributed by atoms with Crippen LogP contribution in [-0.4, -0.2) is 15.0 Å². The first-order valence-corrected chi connectivity index (χ1v) is 11.5. The molecule has 0 amide bonds. The van der Waals surface area contributed by atoms with Crippen molar-refractivity contribution < 1.29 is 21.1 Å². The Hall–Kier alpha value is -3.42. The van der Waals surface area contributed by atoms with Crippen LogP contribution in [0.1, 0.15) is 26.3 Å². The maximum atomic E-state index is 4.52. The van der Waals surface area contributed by atoms with Gasteiger partial charge in [-0.3, -0.25) is 9.97 Å². The molecule has 176 valence electrons. The maximum absolute atomic E-state index is 4.52. The molecule has 3 aromatic carbocycles. The van der Waals surface area contributed by atoms with Crippen LogP contribution >= 0.6 is 0 Å². The van der Waals surface area contributed by atoms with E-state index in [-0.39, 0.29) is 26.5 Å². The van der Waals surface area contributed by atoms with Gasteiger partial charge in [-0.25, -0.2) is 0 Å². The summed E-state index contributed by atoms with van der Waals surface area (Å²) in [6.07, 6.45) is 5.48. The summed E-state index contributed by atoms with van der Waals surface area (Å²) in [5.41, 5.74) is 5.56. The van der Waals surface area contributed by atoms with Crippen molar-refractivity contribution in [2.45, 2.75) is 26.2 Å². The Kier molecular flexibility index (Phi) is 7.38. The van der Waals surface area contributed by atoms with Crippen LogP contribution in [0.4, 0.5) is 0 Å². The fraction of sp³-hybridized carbons (Fsp3) is 0.129. The van der Waals surface area contributed by atoms with Crippen molar-refractivity contribution in [2.75, 3.05) is 0 Å². The van der Waals surface area contributed by atoms with Gasteiger partial charge in [-0.2, -0.15) is 0 Å². The second kappa shape index (κ2) is 10.5. The first-order valence-electron chi connectivity index (χ1n) is 11.5. The smallest absolute Gasteiger partial charge is 0.0802 e. The number of aromatic nitrogens is 3. The maximum Gasteiger partial charge on any atom is 0.0802 e. The Morgan fingerprint density at radius 1 is 0.600 bits per heavy atom. The molecule has 0 aliphatic heterocycles. The van der Waals surface area contributed by atoms with Crippen LogP contribution in [0.25, 0.3) is 43.8 Å². The zero-order valence-corrected chi connectivity index (χ0v) is 22.2. The van der Waals surface area contributed by atoms with Gasteiger partial charge in [0, 0.05) is 55.8 Å². The van der Waals surface area contributed by atoms with Crippen LogP contribution in [0.3, 0.4) is 0 Å². The quantitative estimate of drug-likeness (QED) is 0.137. The molecule has 3 heterocycles. The molecule has 0 aliphatic rings. The van der Waals surface area contributed by atoms with Crippen molar-refractivity contribution in [2.24, 2.45) is 0 Å². The van der Waals surface area contributed by atoms with E-state index in [1.807, 2.05) is 42.7 Å².